The molecule has 1 heterocycles. The summed E-state index contributed by atoms with van der Waals surface area (Å²) in [7, 11) is 3.06. The highest BCUT2D eigenvalue weighted by Crippen LogP contribution is 2.32. The first kappa shape index (κ1) is 21.4. The first-order chi connectivity index (χ1) is 11.4. The Kier molecular flexibility index (Phi) is 7.42. The number of hydrogen-bond donors (Lipinski definition) is 1. The summed E-state index contributed by atoms with van der Waals surface area (Å²) in [5, 5.41) is 4.78. The van der Waals surface area contributed by atoms with E-state index < -0.39 is 10.2 Å². The van der Waals surface area contributed by atoms with E-state index in [0.29, 0.717) is 0 Å². The molecule has 0 aliphatic carbocycles. The molecule has 2 aromatic rings. The van der Waals surface area contributed by atoms with Crippen LogP contribution in [0.3, 0.4) is 0 Å². The van der Waals surface area contributed by atoms with E-state index in [0.717, 1.165) is 27.8 Å². The number of benzene rings is 1. The van der Waals surface area contributed by atoms with Crippen molar-refractivity contribution in [2.24, 2.45) is 0 Å². The minimum Gasteiger partial charge on any atom is -0.373 e. The molecule has 0 fully saturated rings. The van der Waals surface area contributed by atoms with E-state index in [1.165, 1.54) is 0 Å². The molecule has 0 radical (unpaired) electrons. The van der Waals surface area contributed by atoms with Gasteiger partial charge in [0.05, 0.1) is 0 Å². The van der Waals surface area contributed by atoms with Crippen LogP contribution in [0.4, 0.5) is 11.5 Å². The average molecular weight is 389 g/mol. The van der Waals surface area contributed by atoms with Gasteiger partial charge in [-0.1, -0.05) is 18.2 Å². The standard InChI is InChI=1S/C15H20N4S.ClHO4/c1-11-14(20)13(17(2)3)15(18(4)5)16-19(11)12-9-7-6-8-10-12;2-1(3,4)5/h6-10H,1-5H3;(H,2,3,4,5). The maximum absolute atomic E-state index is 8.49. The lowest BCUT2D eigenvalue weighted by Crippen LogP contribution is -2.68. The summed E-state index contributed by atoms with van der Waals surface area (Å²) in [6.07, 6.45) is 0. The van der Waals surface area contributed by atoms with Gasteiger partial charge in [0.15, 0.2) is 0 Å². The summed E-state index contributed by atoms with van der Waals surface area (Å²) in [6.45, 7) is 2.04. The van der Waals surface area contributed by atoms with Crippen LogP contribution in [0.25, 0.3) is 5.69 Å². The summed E-state index contributed by atoms with van der Waals surface area (Å²) in [6, 6.07) is 10.1. The summed E-state index contributed by atoms with van der Waals surface area (Å²) in [5.74, 6) is 0.898. The van der Waals surface area contributed by atoms with Crippen LogP contribution in [0.5, 0.6) is 0 Å². The van der Waals surface area contributed by atoms with Crippen LogP contribution in [0.2, 0.25) is 0 Å². The first-order valence-electron chi connectivity index (χ1n) is 7.11. The third-order valence-electron chi connectivity index (χ3n) is 3.16. The Bertz CT molecular complexity index is 703. The van der Waals surface area contributed by atoms with E-state index in [1.54, 1.807) is 0 Å². The number of halogens is 1. The number of para-hydroxylation sites is 1. The van der Waals surface area contributed by atoms with Crippen LogP contribution in [0, 0.1) is 17.2 Å². The maximum Gasteiger partial charge on any atom is 0.238 e. The van der Waals surface area contributed by atoms with Crippen molar-refractivity contribution in [2.75, 3.05) is 38.0 Å². The molecule has 10 heteroatoms. The second kappa shape index (κ2) is 8.65. The quantitative estimate of drug-likeness (QED) is 0.450. The summed E-state index contributed by atoms with van der Waals surface area (Å²) in [5.41, 5.74) is 3.09. The van der Waals surface area contributed by atoms with Crippen LogP contribution >= 0.6 is 12.6 Å². The number of rotatable bonds is 3. The molecule has 0 N–H and O–H groups in total. The molecule has 0 saturated heterocycles. The highest BCUT2D eigenvalue weighted by Gasteiger charge is 2.25. The average Bonchev–Trinajstić information content (AvgIpc) is 2.48. The van der Waals surface area contributed by atoms with E-state index in [-0.39, 0.29) is 0 Å². The molecule has 0 aliphatic heterocycles. The minimum absolute atomic E-state index is 0.898. The van der Waals surface area contributed by atoms with E-state index in [1.807, 2.05) is 79.9 Å². The van der Waals surface area contributed by atoms with Crippen molar-refractivity contribution in [3.05, 3.63) is 36.0 Å². The van der Waals surface area contributed by atoms with Gasteiger partial charge in [-0.2, -0.15) is 0 Å². The highest BCUT2D eigenvalue weighted by molar-refractivity contribution is 7.80. The number of thiol groups is 1. The lowest BCUT2D eigenvalue weighted by Gasteiger charge is -2.21. The SMILES string of the molecule is Cc1c(S)c(N(C)C)c(N(C)C)n[n+]1-c1ccccc1.[O-][Cl+3]([O-])([O-])[O-]. The molecular weight excluding hydrogens is 368 g/mol. The largest absolute Gasteiger partial charge is 0.373 e. The number of hydrogen-bond acceptors (Lipinski definition) is 8. The molecule has 0 amide bonds. The number of anilines is 2. The van der Waals surface area contributed by atoms with Gasteiger partial charge in [-0.05, 0) is 4.68 Å². The number of nitrogens with zero attached hydrogens (tertiary/aromatic N) is 4. The predicted octanol–water partition coefficient (Wildman–Crippen LogP) is -2.67. The van der Waals surface area contributed by atoms with E-state index >= 15 is 0 Å². The van der Waals surface area contributed by atoms with Gasteiger partial charge in [0.25, 0.3) is 0 Å². The van der Waals surface area contributed by atoms with E-state index in [2.05, 4.69) is 0 Å². The van der Waals surface area contributed by atoms with Crippen molar-refractivity contribution in [3.8, 4) is 5.69 Å². The van der Waals surface area contributed by atoms with Gasteiger partial charge in [0, 0.05) is 52.3 Å². The van der Waals surface area contributed by atoms with Crippen molar-refractivity contribution in [3.63, 3.8) is 0 Å². The smallest absolute Gasteiger partial charge is 0.238 e. The zero-order chi connectivity index (χ0) is 19.4. The van der Waals surface area contributed by atoms with Crippen molar-refractivity contribution in [1.82, 2.24) is 5.10 Å². The van der Waals surface area contributed by atoms with Crippen LogP contribution < -0.4 is 33.1 Å². The fourth-order valence-corrected chi connectivity index (χ4v) is 2.52. The normalized spacial score (nSPS) is 10.8. The van der Waals surface area contributed by atoms with E-state index in [4.69, 9.17) is 36.4 Å². The second-order valence-electron chi connectivity index (χ2n) is 5.52. The minimum atomic E-state index is -4.94. The molecule has 0 atom stereocenters. The Hall–Kier alpha value is -1.62. The lowest BCUT2D eigenvalue weighted by atomic mass is 10.2. The van der Waals surface area contributed by atoms with Crippen molar-refractivity contribution >= 4 is 24.1 Å². The van der Waals surface area contributed by atoms with Crippen molar-refractivity contribution in [1.29, 1.82) is 0 Å². The van der Waals surface area contributed by atoms with Gasteiger partial charge in [0.2, 0.25) is 17.2 Å². The molecule has 25 heavy (non-hydrogen) atoms. The summed E-state index contributed by atoms with van der Waals surface area (Å²) >= 11 is 4.71. The lowest BCUT2D eigenvalue weighted by molar-refractivity contribution is -2.00. The van der Waals surface area contributed by atoms with Gasteiger partial charge < -0.3 is 9.80 Å². The molecule has 138 valence electrons. The zero-order valence-electron chi connectivity index (χ0n) is 14.6. The molecule has 0 spiro atoms. The van der Waals surface area contributed by atoms with E-state index in [9.17, 15) is 0 Å². The van der Waals surface area contributed by atoms with Gasteiger partial charge in [-0.15, -0.1) is 22.9 Å². The molecule has 1 aromatic carbocycles. The molecule has 8 nitrogen and oxygen atoms in total. The van der Waals surface area contributed by atoms with Gasteiger partial charge in [-0.25, -0.2) is 18.6 Å². The Morgan fingerprint density at radius 2 is 1.44 bits per heavy atom. The van der Waals surface area contributed by atoms with Gasteiger partial charge in [0.1, 0.15) is 10.6 Å². The van der Waals surface area contributed by atoms with Crippen LogP contribution in [0.1, 0.15) is 5.69 Å². The Morgan fingerprint density at radius 1 is 0.960 bits per heavy atom. The molecule has 0 saturated carbocycles. The Balaban J connectivity index is 0.000000550. The summed E-state index contributed by atoms with van der Waals surface area (Å²) in [4.78, 5) is 5.00. The molecule has 2 rings (SSSR count). The molecule has 0 bridgehead atoms. The number of aromatic nitrogens is 2. The molecule has 1 aromatic heterocycles. The van der Waals surface area contributed by atoms with Gasteiger partial charge in [-0.3, -0.25) is 0 Å². The maximum atomic E-state index is 8.49. The molecule has 0 unspecified atom stereocenters. The summed E-state index contributed by atoms with van der Waals surface area (Å²) < 4.78 is 35.9. The molecule has 0 aliphatic rings. The topological polar surface area (TPSA) is 115 Å². The monoisotopic (exact) mass is 388 g/mol. The fraction of sp³-hybridized carbons (Fsp3) is 0.333. The molecular formula is C15H21ClN4O4S. The zero-order valence-corrected chi connectivity index (χ0v) is 16.3. The van der Waals surface area contributed by atoms with Crippen LogP contribution in [-0.2, 0) is 0 Å². The Morgan fingerprint density at radius 3 is 1.84 bits per heavy atom. The third-order valence-corrected chi connectivity index (χ3v) is 3.70. The Labute approximate surface area is 154 Å². The highest BCUT2D eigenvalue weighted by atomic mass is 35.7. The third kappa shape index (κ3) is 6.31. The predicted molar refractivity (Wildman–Crippen MR) is 86.4 cm³/mol. The van der Waals surface area contributed by atoms with Gasteiger partial charge >= 0.3 is 0 Å². The van der Waals surface area contributed by atoms with Crippen LogP contribution in [-0.4, -0.2) is 33.3 Å². The fourth-order valence-electron chi connectivity index (χ4n) is 2.13. The first-order valence-corrected chi connectivity index (χ1v) is 8.79. The van der Waals surface area contributed by atoms with Crippen LogP contribution in [0.15, 0.2) is 35.2 Å². The second-order valence-corrected chi connectivity index (χ2v) is 6.72. The van der Waals surface area contributed by atoms with Crippen molar-refractivity contribution < 1.29 is 33.6 Å². The van der Waals surface area contributed by atoms with Crippen molar-refractivity contribution in [2.45, 2.75) is 11.8 Å².